The summed E-state index contributed by atoms with van der Waals surface area (Å²) in [4.78, 5) is 15.0. The summed E-state index contributed by atoms with van der Waals surface area (Å²) in [5.74, 6) is 1.48. The zero-order chi connectivity index (χ0) is 19.2. The van der Waals surface area contributed by atoms with Crippen molar-refractivity contribution in [2.75, 3.05) is 26.0 Å². The average molecular weight is 400 g/mol. The Kier molecular flexibility index (Phi) is 7.96. The van der Waals surface area contributed by atoms with Gasteiger partial charge in [0.05, 0.1) is 11.6 Å². The average Bonchev–Trinajstić information content (AvgIpc) is 2.58. The molecule has 4 nitrogen and oxygen atoms in total. The Hall–Kier alpha value is -1.07. The number of carbonyl (C=O) groups is 1. The number of carbonyl (C=O) groups excluding carboxylic acids is 1. The van der Waals surface area contributed by atoms with Crippen LogP contribution in [-0.4, -0.2) is 42.5 Å². The van der Waals surface area contributed by atoms with Crippen molar-refractivity contribution in [2.24, 2.45) is 5.92 Å². The number of rotatable bonds is 6. The molecule has 1 saturated heterocycles. The van der Waals surface area contributed by atoms with Gasteiger partial charge in [0.2, 0.25) is 0 Å². The van der Waals surface area contributed by atoms with Gasteiger partial charge in [0.25, 0.3) is 0 Å². The number of thioether (sulfide) groups is 1. The minimum atomic E-state index is -0.428. The third-order valence-electron chi connectivity index (χ3n) is 4.41. The predicted molar refractivity (Wildman–Crippen MR) is 108 cm³/mol. The number of piperidine rings is 1. The molecule has 26 heavy (non-hydrogen) atoms. The molecular formula is C20H30ClNO3S. The maximum Gasteiger partial charge on any atom is 0.410 e. The van der Waals surface area contributed by atoms with E-state index < -0.39 is 5.60 Å². The SMILES string of the molecule is CSc1ccc(OCCCC2CCN(C(=O)OC(C)(C)C)CC2)cc1Cl. The number of benzene rings is 1. The lowest BCUT2D eigenvalue weighted by atomic mass is 9.92. The Morgan fingerprint density at radius 1 is 1.31 bits per heavy atom. The summed E-state index contributed by atoms with van der Waals surface area (Å²) in [7, 11) is 0. The molecule has 0 N–H and O–H groups in total. The number of hydrogen-bond donors (Lipinski definition) is 0. The predicted octanol–water partition coefficient (Wildman–Crippen LogP) is 5.87. The molecule has 146 valence electrons. The molecule has 0 radical (unpaired) electrons. The summed E-state index contributed by atoms with van der Waals surface area (Å²) >= 11 is 7.83. The van der Waals surface area contributed by atoms with Gasteiger partial charge in [-0.05, 0) is 76.8 Å². The fourth-order valence-electron chi connectivity index (χ4n) is 3.03. The van der Waals surface area contributed by atoms with Gasteiger partial charge in [-0.2, -0.15) is 0 Å². The van der Waals surface area contributed by atoms with Crippen LogP contribution in [0.25, 0.3) is 0 Å². The molecule has 0 atom stereocenters. The van der Waals surface area contributed by atoms with Crippen LogP contribution in [0.5, 0.6) is 5.75 Å². The highest BCUT2D eigenvalue weighted by atomic mass is 35.5. The lowest BCUT2D eigenvalue weighted by Gasteiger charge is -2.33. The van der Waals surface area contributed by atoms with E-state index in [0.717, 1.165) is 54.4 Å². The second kappa shape index (κ2) is 9.75. The highest BCUT2D eigenvalue weighted by Gasteiger charge is 2.26. The number of ether oxygens (including phenoxy) is 2. The topological polar surface area (TPSA) is 38.8 Å². The van der Waals surface area contributed by atoms with Gasteiger partial charge in [-0.1, -0.05) is 11.6 Å². The molecule has 1 aliphatic rings. The molecule has 0 unspecified atom stereocenters. The molecule has 1 fully saturated rings. The molecule has 1 amide bonds. The zero-order valence-electron chi connectivity index (χ0n) is 16.2. The van der Waals surface area contributed by atoms with Crippen molar-refractivity contribution in [3.8, 4) is 5.75 Å². The highest BCUT2D eigenvalue weighted by Crippen LogP contribution is 2.29. The lowest BCUT2D eigenvalue weighted by Crippen LogP contribution is -2.41. The standard InChI is InChI=1S/C20H30ClNO3S/c1-20(2,3)25-19(23)22-11-9-15(10-12-22)6-5-13-24-16-7-8-18(26-4)17(21)14-16/h7-8,14-15H,5-6,9-13H2,1-4H3. The van der Waals surface area contributed by atoms with Crippen LogP contribution < -0.4 is 4.74 Å². The summed E-state index contributed by atoms with van der Waals surface area (Å²) in [6, 6.07) is 5.85. The number of hydrogen-bond acceptors (Lipinski definition) is 4. The first-order valence-electron chi connectivity index (χ1n) is 9.23. The number of likely N-dealkylation sites (tertiary alicyclic amines) is 1. The zero-order valence-corrected chi connectivity index (χ0v) is 17.8. The number of halogens is 1. The van der Waals surface area contributed by atoms with Gasteiger partial charge < -0.3 is 14.4 Å². The molecule has 1 aromatic rings. The Morgan fingerprint density at radius 3 is 2.58 bits per heavy atom. The van der Waals surface area contributed by atoms with Crippen molar-refractivity contribution in [2.45, 2.75) is 57.0 Å². The fourth-order valence-corrected chi connectivity index (χ4v) is 3.89. The summed E-state index contributed by atoms with van der Waals surface area (Å²) in [5, 5.41) is 0.740. The van der Waals surface area contributed by atoms with Gasteiger partial charge in [-0.15, -0.1) is 11.8 Å². The Balaban J connectivity index is 1.64. The highest BCUT2D eigenvalue weighted by molar-refractivity contribution is 7.98. The van der Waals surface area contributed by atoms with Gasteiger partial charge in [-0.3, -0.25) is 0 Å². The fraction of sp³-hybridized carbons (Fsp3) is 0.650. The van der Waals surface area contributed by atoms with E-state index in [4.69, 9.17) is 21.1 Å². The van der Waals surface area contributed by atoms with Crippen LogP contribution in [0.1, 0.15) is 46.5 Å². The maximum absolute atomic E-state index is 12.1. The second-order valence-corrected chi connectivity index (χ2v) is 8.95. The van der Waals surface area contributed by atoms with Gasteiger partial charge in [0.15, 0.2) is 0 Å². The van der Waals surface area contributed by atoms with Crippen LogP contribution in [0.3, 0.4) is 0 Å². The molecule has 0 saturated carbocycles. The Morgan fingerprint density at radius 2 is 2.00 bits per heavy atom. The lowest BCUT2D eigenvalue weighted by molar-refractivity contribution is 0.0179. The van der Waals surface area contributed by atoms with E-state index in [1.807, 2.05) is 50.1 Å². The molecule has 0 aromatic heterocycles. The van der Waals surface area contributed by atoms with Crippen LogP contribution in [0.4, 0.5) is 4.79 Å². The molecule has 0 spiro atoms. The van der Waals surface area contributed by atoms with Crippen LogP contribution in [-0.2, 0) is 4.74 Å². The van der Waals surface area contributed by atoms with Crippen molar-refractivity contribution >= 4 is 29.5 Å². The van der Waals surface area contributed by atoms with Crippen molar-refractivity contribution in [3.63, 3.8) is 0 Å². The summed E-state index contributed by atoms with van der Waals surface area (Å²) in [6.07, 6.45) is 6.03. The molecule has 1 aliphatic heterocycles. The van der Waals surface area contributed by atoms with Crippen LogP contribution in [0.15, 0.2) is 23.1 Å². The maximum atomic E-state index is 12.1. The van der Waals surface area contributed by atoms with Crippen molar-refractivity contribution < 1.29 is 14.3 Å². The van der Waals surface area contributed by atoms with E-state index in [1.54, 1.807) is 11.8 Å². The van der Waals surface area contributed by atoms with E-state index in [9.17, 15) is 4.79 Å². The van der Waals surface area contributed by atoms with Gasteiger partial charge in [0.1, 0.15) is 11.4 Å². The van der Waals surface area contributed by atoms with E-state index in [1.165, 1.54) is 0 Å². The molecule has 6 heteroatoms. The third kappa shape index (κ3) is 6.92. The van der Waals surface area contributed by atoms with Gasteiger partial charge >= 0.3 is 6.09 Å². The van der Waals surface area contributed by atoms with Crippen LogP contribution in [0, 0.1) is 5.92 Å². The molecule has 1 heterocycles. The number of amides is 1. The first-order valence-corrected chi connectivity index (χ1v) is 10.8. The number of nitrogens with zero attached hydrogens (tertiary/aromatic N) is 1. The van der Waals surface area contributed by atoms with Crippen molar-refractivity contribution in [1.82, 2.24) is 4.90 Å². The van der Waals surface area contributed by atoms with Crippen molar-refractivity contribution in [3.05, 3.63) is 23.2 Å². The van der Waals surface area contributed by atoms with Crippen LogP contribution >= 0.6 is 23.4 Å². The Labute approximate surface area is 166 Å². The summed E-state index contributed by atoms with van der Waals surface area (Å²) in [5.41, 5.74) is -0.428. The molecule has 1 aromatic carbocycles. The quantitative estimate of drug-likeness (QED) is 0.443. The first-order chi connectivity index (χ1) is 12.3. The minimum absolute atomic E-state index is 0.190. The van der Waals surface area contributed by atoms with E-state index >= 15 is 0 Å². The van der Waals surface area contributed by atoms with E-state index in [0.29, 0.717) is 12.5 Å². The third-order valence-corrected chi connectivity index (χ3v) is 5.64. The molecule has 0 aliphatic carbocycles. The molecule has 2 rings (SSSR count). The summed E-state index contributed by atoms with van der Waals surface area (Å²) in [6.45, 7) is 7.97. The monoisotopic (exact) mass is 399 g/mol. The molecule has 0 bridgehead atoms. The van der Waals surface area contributed by atoms with Gasteiger partial charge in [-0.25, -0.2) is 4.79 Å². The Bertz CT molecular complexity index is 595. The van der Waals surface area contributed by atoms with E-state index in [2.05, 4.69) is 0 Å². The smallest absolute Gasteiger partial charge is 0.410 e. The normalized spacial score (nSPS) is 15.8. The largest absolute Gasteiger partial charge is 0.494 e. The first kappa shape index (κ1) is 21.2. The second-order valence-electron chi connectivity index (χ2n) is 7.70. The van der Waals surface area contributed by atoms with Crippen molar-refractivity contribution in [1.29, 1.82) is 0 Å². The minimum Gasteiger partial charge on any atom is -0.494 e. The summed E-state index contributed by atoms with van der Waals surface area (Å²) < 4.78 is 11.3. The van der Waals surface area contributed by atoms with E-state index in [-0.39, 0.29) is 6.09 Å². The van der Waals surface area contributed by atoms with Crippen LogP contribution in [0.2, 0.25) is 5.02 Å². The molecular weight excluding hydrogens is 370 g/mol. The van der Waals surface area contributed by atoms with Gasteiger partial charge in [0, 0.05) is 18.0 Å².